The maximum absolute atomic E-state index is 13.6. The van der Waals surface area contributed by atoms with Crippen LogP contribution in [0.5, 0.6) is 0 Å². The predicted molar refractivity (Wildman–Crippen MR) is 141 cm³/mol. The van der Waals surface area contributed by atoms with Crippen molar-refractivity contribution in [2.24, 2.45) is 0 Å². The number of aliphatic hydroxyl groups excluding tert-OH is 1. The van der Waals surface area contributed by atoms with Gasteiger partial charge in [-0.1, -0.05) is 24.3 Å². The van der Waals surface area contributed by atoms with Gasteiger partial charge in [0.25, 0.3) is 5.91 Å². The SMILES string of the molecule is CCO.CCOPCc1ccc(Nc2ncc(C(F)(F)F)c(Nc3ccccc3C(=O)N(C)C)n2)cc1. The highest BCUT2D eigenvalue weighted by molar-refractivity contribution is 7.31. The highest BCUT2D eigenvalue weighted by Gasteiger charge is 2.35. The van der Waals surface area contributed by atoms with E-state index in [0.29, 0.717) is 27.3 Å². The molecule has 0 aliphatic heterocycles. The molecule has 0 radical (unpaired) electrons. The van der Waals surface area contributed by atoms with Crippen molar-refractivity contribution in [2.45, 2.75) is 26.2 Å². The molecule has 37 heavy (non-hydrogen) atoms. The molecule has 12 heteroatoms. The quantitative estimate of drug-likeness (QED) is 0.234. The third kappa shape index (κ3) is 9.27. The molecule has 200 valence electrons. The van der Waals surface area contributed by atoms with E-state index in [2.05, 4.69) is 20.6 Å². The highest BCUT2D eigenvalue weighted by atomic mass is 31.1. The second kappa shape index (κ2) is 14.5. The predicted octanol–water partition coefficient (Wildman–Crippen LogP) is 5.81. The van der Waals surface area contributed by atoms with Gasteiger partial charge >= 0.3 is 6.18 Å². The Labute approximate surface area is 216 Å². The standard InChI is InChI=1S/C23H25F3N5O2P.C2H6O/c1-4-33-34-14-15-9-11-16(12-10-15)28-22-27-13-18(23(24,25)26)20(30-22)29-19-8-6-5-7-17(19)21(32)31(2)3;1-2-3/h5-13,34H,4,14H2,1-3H3,(H2,27,28,29,30);3H,2H2,1H3. The zero-order valence-corrected chi connectivity index (χ0v) is 22.1. The van der Waals surface area contributed by atoms with Gasteiger partial charge < -0.3 is 25.2 Å². The van der Waals surface area contributed by atoms with Crippen molar-refractivity contribution in [1.29, 1.82) is 0 Å². The topological polar surface area (TPSA) is 99.6 Å². The van der Waals surface area contributed by atoms with Crippen molar-refractivity contribution in [3.63, 3.8) is 0 Å². The number of anilines is 4. The third-order valence-electron chi connectivity index (χ3n) is 4.64. The van der Waals surface area contributed by atoms with Crippen LogP contribution in [0.1, 0.15) is 35.3 Å². The Bertz CT molecular complexity index is 1150. The molecule has 3 N–H and O–H groups in total. The molecule has 1 aromatic heterocycles. The van der Waals surface area contributed by atoms with Gasteiger partial charge in [-0.3, -0.25) is 4.79 Å². The first-order valence-corrected chi connectivity index (χ1v) is 12.6. The van der Waals surface area contributed by atoms with E-state index >= 15 is 0 Å². The van der Waals surface area contributed by atoms with E-state index in [1.807, 2.05) is 19.1 Å². The highest BCUT2D eigenvalue weighted by Crippen LogP contribution is 2.36. The minimum Gasteiger partial charge on any atom is -0.397 e. The summed E-state index contributed by atoms with van der Waals surface area (Å²) < 4.78 is 46.3. The normalized spacial score (nSPS) is 11.1. The average Bonchev–Trinajstić information content (AvgIpc) is 2.85. The van der Waals surface area contributed by atoms with Crippen LogP contribution in [0.3, 0.4) is 0 Å². The van der Waals surface area contributed by atoms with E-state index in [1.54, 1.807) is 45.3 Å². The summed E-state index contributed by atoms with van der Waals surface area (Å²) in [5, 5.41) is 13.2. The lowest BCUT2D eigenvalue weighted by Crippen LogP contribution is -2.23. The van der Waals surface area contributed by atoms with Gasteiger partial charge in [0.15, 0.2) is 0 Å². The van der Waals surface area contributed by atoms with Crippen molar-refractivity contribution < 1.29 is 27.6 Å². The summed E-state index contributed by atoms with van der Waals surface area (Å²) in [5.74, 6) is -0.830. The second-order valence-corrected chi connectivity index (χ2v) is 8.65. The average molecular weight is 538 g/mol. The Morgan fingerprint density at radius 2 is 1.73 bits per heavy atom. The number of nitrogens with zero attached hydrogens (tertiary/aromatic N) is 3. The van der Waals surface area contributed by atoms with Crippen LogP contribution in [0.2, 0.25) is 0 Å². The summed E-state index contributed by atoms with van der Waals surface area (Å²) in [6, 6.07) is 13.7. The number of carbonyl (C=O) groups is 1. The molecule has 0 spiro atoms. The zero-order valence-electron chi connectivity index (χ0n) is 21.1. The molecule has 0 fully saturated rings. The molecule has 1 atom stereocenters. The van der Waals surface area contributed by atoms with Crippen LogP contribution < -0.4 is 10.6 Å². The van der Waals surface area contributed by atoms with Gasteiger partial charge in [0, 0.05) is 54.2 Å². The zero-order chi connectivity index (χ0) is 27.4. The Morgan fingerprint density at radius 1 is 1.08 bits per heavy atom. The van der Waals surface area contributed by atoms with Crippen LogP contribution in [-0.4, -0.2) is 53.2 Å². The fourth-order valence-corrected chi connectivity index (χ4v) is 3.67. The van der Waals surface area contributed by atoms with E-state index in [4.69, 9.17) is 9.63 Å². The van der Waals surface area contributed by atoms with Gasteiger partial charge in [0.2, 0.25) is 5.95 Å². The molecule has 3 rings (SSSR count). The molecule has 0 aliphatic carbocycles. The number of rotatable bonds is 9. The molecule has 0 bridgehead atoms. The number of halogens is 3. The number of aromatic nitrogens is 2. The molecule has 1 heterocycles. The Balaban J connectivity index is 0.00000153. The molecule has 0 saturated heterocycles. The number of hydrogen-bond donors (Lipinski definition) is 3. The minimum absolute atomic E-state index is 0.0177. The summed E-state index contributed by atoms with van der Waals surface area (Å²) in [7, 11) is 3.50. The van der Waals surface area contributed by atoms with Crippen LogP contribution in [0, 0.1) is 0 Å². The second-order valence-electron chi connectivity index (χ2n) is 7.72. The maximum atomic E-state index is 13.6. The van der Waals surface area contributed by atoms with Crippen LogP contribution in [-0.2, 0) is 16.9 Å². The monoisotopic (exact) mass is 537 g/mol. The summed E-state index contributed by atoms with van der Waals surface area (Å²) in [4.78, 5) is 21.7. The molecule has 0 saturated carbocycles. The van der Waals surface area contributed by atoms with Crippen molar-refractivity contribution in [3.05, 3.63) is 71.4 Å². The number of hydrogen-bond acceptors (Lipinski definition) is 7. The van der Waals surface area contributed by atoms with Crippen LogP contribution in [0.25, 0.3) is 0 Å². The number of para-hydroxylation sites is 1. The van der Waals surface area contributed by atoms with Gasteiger partial charge in [-0.25, -0.2) is 4.98 Å². The van der Waals surface area contributed by atoms with Crippen LogP contribution >= 0.6 is 8.81 Å². The number of aliphatic hydroxyl groups is 1. The number of benzene rings is 2. The Kier molecular flexibility index (Phi) is 11.7. The van der Waals surface area contributed by atoms with E-state index in [-0.39, 0.29) is 29.7 Å². The molecule has 2 aromatic carbocycles. The lowest BCUT2D eigenvalue weighted by molar-refractivity contribution is -0.137. The van der Waals surface area contributed by atoms with E-state index in [0.717, 1.165) is 11.7 Å². The van der Waals surface area contributed by atoms with Crippen molar-refractivity contribution in [3.8, 4) is 0 Å². The lowest BCUT2D eigenvalue weighted by Gasteiger charge is -2.18. The summed E-state index contributed by atoms with van der Waals surface area (Å²) in [6.45, 7) is 4.53. The molecule has 1 amide bonds. The lowest BCUT2D eigenvalue weighted by atomic mass is 10.1. The molecule has 8 nitrogen and oxygen atoms in total. The first-order chi connectivity index (χ1) is 17.6. The minimum atomic E-state index is -4.69. The maximum Gasteiger partial charge on any atom is 0.421 e. The van der Waals surface area contributed by atoms with Gasteiger partial charge in [-0.05, 0) is 43.7 Å². The number of amides is 1. The third-order valence-corrected chi connectivity index (χ3v) is 5.69. The van der Waals surface area contributed by atoms with Gasteiger partial charge in [0.1, 0.15) is 11.4 Å². The molecule has 1 unspecified atom stereocenters. The van der Waals surface area contributed by atoms with Crippen LogP contribution in [0.4, 0.5) is 36.3 Å². The Morgan fingerprint density at radius 3 is 2.32 bits per heavy atom. The van der Waals surface area contributed by atoms with E-state index in [1.165, 1.54) is 17.0 Å². The Hall–Kier alpha value is -3.27. The van der Waals surface area contributed by atoms with Crippen LogP contribution in [0.15, 0.2) is 54.7 Å². The van der Waals surface area contributed by atoms with Crippen molar-refractivity contribution in [1.82, 2.24) is 14.9 Å². The van der Waals surface area contributed by atoms with Gasteiger partial charge in [-0.2, -0.15) is 18.2 Å². The number of alkyl halides is 3. The van der Waals surface area contributed by atoms with Gasteiger partial charge in [0.05, 0.1) is 11.3 Å². The summed E-state index contributed by atoms with van der Waals surface area (Å²) in [6.07, 6.45) is -3.19. The fraction of sp³-hybridized carbons (Fsp3) is 0.320. The number of nitrogens with one attached hydrogen (secondary N) is 2. The number of carbonyl (C=O) groups excluding carboxylic acids is 1. The molecule has 0 aliphatic rings. The first-order valence-electron chi connectivity index (χ1n) is 11.4. The molecular weight excluding hydrogens is 506 g/mol. The first kappa shape index (κ1) is 30.0. The van der Waals surface area contributed by atoms with E-state index < -0.39 is 17.6 Å². The largest absolute Gasteiger partial charge is 0.421 e. The van der Waals surface area contributed by atoms with E-state index in [9.17, 15) is 18.0 Å². The smallest absolute Gasteiger partial charge is 0.397 e. The fourth-order valence-electron chi connectivity index (χ4n) is 2.96. The van der Waals surface area contributed by atoms with Crippen molar-refractivity contribution >= 4 is 37.9 Å². The van der Waals surface area contributed by atoms with Crippen molar-refractivity contribution in [2.75, 3.05) is 37.9 Å². The summed E-state index contributed by atoms with van der Waals surface area (Å²) in [5.41, 5.74) is 1.08. The summed E-state index contributed by atoms with van der Waals surface area (Å²) >= 11 is 0. The van der Waals surface area contributed by atoms with Gasteiger partial charge in [-0.15, -0.1) is 0 Å². The molecular formula is C25H31F3N5O3P. The molecule has 3 aromatic rings.